The first kappa shape index (κ1) is 18.1. The molecule has 5 rings (SSSR count). The number of likely N-dealkylation sites (tertiary alicyclic amines) is 1. The van der Waals surface area contributed by atoms with Gasteiger partial charge in [-0.15, -0.1) is 0 Å². The number of amides is 1. The molecule has 0 spiro atoms. The standard InChI is InChI=1S/C23H19FN2O2S/c24-16-8-9-20-21(14-16)29-23(25-20)28-17-10-12-26(13-11-17)22(27)19-7-3-5-15-4-1-2-6-18(15)19/h1-9,14,17H,10-13H2. The van der Waals surface area contributed by atoms with Crippen LogP contribution in [0, 0.1) is 5.82 Å². The zero-order valence-electron chi connectivity index (χ0n) is 15.7. The minimum absolute atomic E-state index is 0.0111. The molecule has 1 aliphatic rings. The molecule has 1 aromatic heterocycles. The van der Waals surface area contributed by atoms with Gasteiger partial charge in [-0.1, -0.05) is 47.7 Å². The van der Waals surface area contributed by atoms with Crippen molar-refractivity contribution in [2.24, 2.45) is 0 Å². The van der Waals surface area contributed by atoms with Crippen LogP contribution in [0.3, 0.4) is 0 Å². The van der Waals surface area contributed by atoms with Gasteiger partial charge in [0, 0.05) is 31.5 Å². The summed E-state index contributed by atoms with van der Waals surface area (Å²) in [7, 11) is 0. The van der Waals surface area contributed by atoms with Gasteiger partial charge in [-0.05, 0) is 35.0 Å². The van der Waals surface area contributed by atoms with Crippen LogP contribution in [0.5, 0.6) is 5.19 Å². The lowest BCUT2D eigenvalue weighted by Crippen LogP contribution is -2.41. The average Bonchev–Trinajstić information content (AvgIpc) is 3.14. The van der Waals surface area contributed by atoms with E-state index in [2.05, 4.69) is 4.98 Å². The van der Waals surface area contributed by atoms with E-state index in [0.717, 1.165) is 39.4 Å². The lowest BCUT2D eigenvalue weighted by molar-refractivity contribution is 0.0597. The third kappa shape index (κ3) is 3.56. The second-order valence-electron chi connectivity index (χ2n) is 7.23. The highest BCUT2D eigenvalue weighted by atomic mass is 32.1. The molecule has 1 saturated heterocycles. The van der Waals surface area contributed by atoms with E-state index in [4.69, 9.17) is 4.74 Å². The van der Waals surface area contributed by atoms with Crippen LogP contribution in [0.15, 0.2) is 60.7 Å². The summed E-state index contributed by atoms with van der Waals surface area (Å²) >= 11 is 1.36. The monoisotopic (exact) mass is 406 g/mol. The average molecular weight is 406 g/mol. The summed E-state index contributed by atoms with van der Waals surface area (Å²) < 4.78 is 20.2. The van der Waals surface area contributed by atoms with Crippen molar-refractivity contribution < 1.29 is 13.9 Å². The maximum atomic E-state index is 13.4. The van der Waals surface area contributed by atoms with Gasteiger partial charge in [0.1, 0.15) is 11.9 Å². The van der Waals surface area contributed by atoms with Gasteiger partial charge in [-0.2, -0.15) is 0 Å². The number of benzene rings is 3. The van der Waals surface area contributed by atoms with E-state index in [1.54, 1.807) is 6.07 Å². The predicted molar refractivity (Wildman–Crippen MR) is 113 cm³/mol. The molecule has 3 aromatic carbocycles. The quantitative estimate of drug-likeness (QED) is 0.465. The van der Waals surface area contributed by atoms with E-state index >= 15 is 0 Å². The van der Waals surface area contributed by atoms with E-state index in [-0.39, 0.29) is 17.8 Å². The highest BCUT2D eigenvalue weighted by Gasteiger charge is 2.26. The van der Waals surface area contributed by atoms with Crippen molar-refractivity contribution >= 4 is 38.2 Å². The first-order valence-corrected chi connectivity index (χ1v) is 10.5. The molecule has 0 aliphatic carbocycles. The largest absolute Gasteiger partial charge is 0.467 e. The van der Waals surface area contributed by atoms with Crippen molar-refractivity contribution in [3.63, 3.8) is 0 Å². The third-order valence-electron chi connectivity index (χ3n) is 5.35. The summed E-state index contributed by atoms with van der Waals surface area (Å²) in [5.41, 5.74) is 1.49. The normalized spacial score (nSPS) is 15.1. The van der Waals surface area contributed by atoms with Crippen LogP contribution in [-0.2, 0) is 0 Å². The van der Waals surface area contributed by atoms with Crippen LogP contribution < -0.4 is 4.74 Å². The van der Waals surface area contributed by atoms with Gasteiger partial charge in [-0.3, -0.25) is 4.79 Å². The van der Waals surface area contributed by atoms with Gasteiger partial charge in [0.15, 0.2) is 0 Å². The summed E-state index contributed by atoms with van der Waals surface area (Å²) in [6, 6.07) is 18.4. The van der Waals surface area contributed by atoms with Gasteiger partial charge >= 0.3 is 0 Å². The van der Waals surface area contributed by atoms with Crippen molar-refractivity contribution in [2.45, 2.75) is 18.9 Å². The van der Waals surface area contributed by atoms with E-state index < -0.39 is 0 Å². The van der Waals surface area contributed by atoms with Crippen LogP contribution in [0.1, 0.15) is 23.2 Å². The van der Waals surface area contributed by atoms with Crippen LogP contribution in [0.25, 0.3) is 21.0 Å². The van der Waals surface area contributed by atoms with Crippen molar-refractivity contribution in [1.82, 2.24) is 9.88 Å². The van der Waals surface area contributed by atoms with Crippen LogP contribution in [0.4, 0.5) is 4.39 Å². The molecule has 0 unspecified atom stereocenters. The molecule has 29 heavy (non-hydrogen) atoms. The molecule has 0 atom stereocenters. The zero-order chi connectivity index (χ0) is 19.8. The number of carbonyl (C=O) groups is 1. The Bertz CT molecular complexity index is 1190. The van der Waals surface area contributed by atoms with Gasteiger partial charge < -0.3 is 9.64 Å². The zero-order valence-corrected chi connectivity index (χ0v) is 16.5. The first-order valence-electron chi connectivity index (χ1n) is 9.67. The number of rotatable bonds is 3. The third-order valence-corrected chi connectivity index (χ3v) is 6.26. The van der Waals surface area contributed by atoms with Crippen molar-refractivity contribution in [3.8, 4) is 5.19 Å². The number of carbonyl (C=O) groups excluding carboxylic acids is 1. The van der Waals surface area contributed by atoms with Gasteiger partial charge in [0.2, 0.25) is 0 Å². The van der Waals surface area contributed by atoms with Gasteiger partial charge in [0.05, 0.1) is 10.2 Å². The van der Waals surface area contributed by atoms with Crippen LogP contribution in [0.2, 0.25) is 0 Å². The number of hydrogen-bond acceptors (Lipinski definition) is 4. The fourth-order valence-corrected chi connectivity index (χ4v) is 4.74. The molecule has 2 heterocycles. The lowest BCUT2D eigenvalue weighted by Gasteiger charge is -2.32. The maximum Gasteiger partial charge on any atom is 0.274 e. The van der Waals surface area contributed by atoms with E-state index in [9.17, 15) is 9.18 Å². The minimum atomic E-state index is -0.270. The number of hydrogen-bond donors (Lipinski definition) is 0. The number of nitrogens with zero attached hydrogens (tertiary/aromatic N) is 2. The molecule has 0 bridgehead atoms. The van der Waals surface area contributed by atoms with Gasteiger partial charge in [-0.25, -0.2) is 9.37 Å². The second-order valence-corrected chi connectivity index (χ2v) is 8.22. The Morgan fingerprint density at radius 2 is 1.86 bits per heavy atom. The summed E-state index contributed by atoms with van der Waals surface area (Å²) in [6.45, 7) is 1.29. The van der Waals surface area contributed by atoms with E-state index in [1.165, 1.54) is 23.5 Å². The second kappa shape index (κ2) is 7.44. The predicted octanol–water partition coefficient (Wildman–Crippen LogP) is 5.27. The Morgan fingerprint density at radius 1 is 1.07 bits per heavy atom. The topological polar surface area (TPSA) is 42.4 Å². The molecular formula is C23H19FN2O2S. The molecule has 6 heteroatoms. The van der Waals surface area contributed by atoms with Crippen molar-refractivity contribution in [1.29, 1.82) is 0 Å². The Balaban J connectivity index is 1.26. The Kier molecular flexibility index (Phi) is 4.64. The van der Waals surface area contributed by atoms with Crippen LogP contribution in [-0.4, -0.2) is 35.0 Å². The van der Waals surface area contributed by atoms with Crippen molar-refractivity contribution in [2.75, 3.05) is 13.1 Å². The fourth-order valence-electron chi connectivity index (χ4n) is 3.83. The van der Waals surface area contributed by atoms with Gasteiger partial charge in [0.25, 0.3) is 11.1 Å². The summed E-state index contributed by atoms with van der Waals surface area (Å²) in [4.78, 5) is 19.4. The molecular weight excluding hydrogens is 387 g/mol. The fraction of sp³-hybridized carbons (Fsp3) is 0.217. The summed E-state index contributed by atoms with van der Waals surface area (Å²) in [5.74, 6) is -0.205. The number of aromatic nitrogens is 1. The maximum absolute atomic E-state index is 13.4. The number of piperidine rings is 1. The Morgan fingerprint density at radius 3 is 2.72 bits per heavy atom. The Labute approximate surface area is 171 Å². The number of ether oxygens (including phenoxy) is 1. The smallest absolute Gasteiger partial charge is 0.274 e. The minimum Gasteiger partial charge on any atom is -0.467 e. The number of thiazole rings is 1. The molecule has 1 amide bonds. The highest BCUT2D eigenvalue weighted by molar-refractivity contribution is 7.20. The molecule has 0 N–H and O–H groups in total. The number of fused-ring (bicyclic) bond motifs is 2. The van der Waals surface area contributed by atoms with Crippen LogP contribution >= 0.6 is 11.3 Å². The molecule has 4 nitrogen and oxygen atoms in total. The lowest BCUT2D eigenvalue weighted by atomic mass is 10.0. The van der Waals surface area contributed by atoms with E-state index in [1.807, 2.05) is 47.4 Å². The molecule has 1 aliphatic heterocycles. The summed E-state index contributed by atoms with van der Waals surface area (Å²) in [5, 5.41) is 2.62. The molecule has 4 aromatic rings. The van der Waals surface area contributed by atoms with E-state index in [0.29, 0.717) is 18.3 Å². The molecule has 1 fully saturated rings. The molecule has 0 radical (unpaired) electrons. The highest BCUT2D eigenvalue weighted by Crippen LogP contribution is 2.30. The van der Waals surface area contributed by atoms with Crippen molar-refractivity contribution in [3.05, 3.63) is 72.0 Å². The first-order chi connectivity index (χ1) is 14.2. The number of halogens is 1. The summed E-state index contributed by atoms with van der Waals surface area (Å²) in [6.07, 6.45) is 1.51. The molecule has 146 valence electrons. The SMILES string of the molecule is O=C(c1cccc2ccccc12)N1CCC(Oc2nc3ccc(F)cc3s2)CC1. The Hall–Kier alpha value is -2.99. The molecule has 0 saturated carbocycles.